The van der Waals surface area contributed by atoms with Gasteiger partial charge in [-0.3, -0.25) is 0 Å². The molecule has 0 atom stereocenters. The predicted octanol–water partition coefficient (Wildman–Crippen LogP) is 7.31. The number of rotatable bonds is 5. The van der Waals surface area contributed by atoms with Gasteiger partial charge in [-0.2, -0.15) is 0 Å². The zero-order chi connectivity index (χ0) is 23.5. The zero-order valence-electron chi connectivity index (χ0n) is 19.9. The van der Waals surface area contributed by atoms with Crippen molar-refractivity contribution in [3.05, 3.63) is 101 Å². The number of carbonyl (C=O) groups excluding carboxylic acids is 1. The topological polar surface area (TPSA) is 44.4 Å². The van der Waals surface area contributed by atoms with Gasteiger partial charge in [0.25, 0.3) is 0 Å². The molecule has 2 amide bonds. The highest BCUT2D eigenvalue weighted by molar-refractivity contribution is 6.02. The smallest absolute Gasteiger partial charge is 0.323 e. The first kappa shape index (κ1) is 22.0. The third kappa shape index (κ3) is 4.49. The number of anilines is 3. The summed E-state index contributed by atoms with van der Waals surface area (Å²) >= 11 is 0. The fourth-order valence-corrected chi connectivity index (χ4v) is 5.10. The minimum absolute atomic E-state index is 0.219. The number of amides is 2. The summed E-state index contributed by atoms with van der Waals surface area (Å²) in [6.45, 7) is 6.04. The number of nitrogens with zero attached hydrogens (tertiary/aromatic N) is 1. The van der Waals surface area contributed by atoms with Crippen LogP contribution in [-0.4, -0.2) is 12.6 Å². The van der Waals surface area contributed by atoms with Gasteiger partial charge in [-0.1, -0.05) is 67.6 Å². The van der Waals surface area contributed by atoms with Crippen molar-refractivity contribution in [1.82, 2.24) is 0 Å². The van der Waals surface area contributed by atoms with Gasteiger partial charge in [0.05, 0.1) is 11.4 Å². The molecule has 5 rings (SSSR count). The number of hydrogen-bond donors (Lipinski definition) is 2. The maximum absolute atomic E-state index is 12.9. The lowest BCUT2D eigenvalue weighted by Gasteiger charge is -2.34. The second kappa shape index (κ2) is 9.60. The van der Waals surface area contributed by atoms with Crippen LogP contribution in [0.3, 0.4) is 0 Å². The van der Waals surface area contributed by atoms with Gasteiger partial charge in [-0.25, -0.2) is 4.79 Å². The number of urea groups is 1. The Bertz CT molecular complexity index is 1340. The molecule has 4 nitrogen and oxygen atoms in total. The van der Waals surface area contributed by atoms with E-state index in [1.54, 1.807) is 0 Å². The molecule has 0 bridgehead atoms. The Kier molecular flexibility index (Phi) is 6.22. The second-order valence-electron chi connectivity index (χ2n) is 9.06. The Morgan fingerprint density at radius 3 is 2.65 bits per heavy atom. The molecule has 0 fully saturated rings. The Hall–Kier alpha value is -3.79. The molecule has 1 heterocycles. The van der Waals surface area contributed by atoms with Gasteiger partial charge < -0.3 is 15.5 Å². The van der Waals surface area contributed by atoms with Crippen LogP contribution in [0.5, 0.6) is 0 Å². The van der Waals surface area contributed by atoms with Crippen LogP contribution in [0.4, 0.5) is 21.9 Å². The molecule has 2 N–H and O–H groups in total. The maximum atomic E-state index is 12.9. The van der Waals surface area contributed by atoms with E-state index < -0.39 is 0 Å². The molecule has 4 aromatic rings. The summed E-state index contributed by atoms with van der Waals surface area (Å²) in [4.78, 5) is 15.3. The van der Waals surface area contributed by atoms with Crippen molar-refractivity contribution in [2.45, 2.75) is 39.7 Å². The summed E-state index contributed by atoms with van der Waals surface area (Å²) in [6.07, 6.45) is 3.13. The Balaban J connectivity index is 1.46. The van der Waals surface area contributed by atoms with E-state index in [1.807, 2.05) is 43.3 Å². The third-order valence-electron chi connectivity index (χ3n) is 6.70. The van der Waals surface area contributed by atoms with Crippen LogP contribution in [0.15, 0.2) is 78.9 Å². The van der Waals surface area contributed by atoms with Crippen molar-refractivity contribution in [3.8, 4) is 0 Å². The summed E-state index contributed by atoms with van der Waals surface area (Å²) in [5, 5.41) is 8.69. The van der Waals surface area contributed by atoms with E-state index in [1.165, 1.54) is 27.5 Å². The van der Waals surface area contributed by atoms with Crippen molar-refractivity contribution < 1.29 is 4.79 Å². The molecule has 0 saturated carbocycles. The first-order chi connectivity index (χ1) is 16.6. The highest BCUT2D eigenvalue weighted by Gasteiger charge is 2.23. The molecular weight excluding hydrogens is 418 g/mol. The van der Waals surface area contributed by atoms with E-state index in [9.17, 15) is 4.79 Å². The van der Waals surface area contributed by atoms with E-state index in [2.05, 4.69) is 64.9 Å². The van der Waals surface area contributed by atoms with Crippen molar-refractivity contribution >= 4 is 33.9 Å². The molecule has 0 aliphatic carbocycles. The van der Waals surface area contributed by atoms with Gasteiger partial charge in [0.1, 0.15) is 0 Å². The molecule has 34 heavy (non-hydrogen) atoms. The molecule has 4 heteroatoms. The van der Waals surface area contributed by atoms with Gasteiger partial charge in [0, 0.05) is 18.8 Å². The maximum Gasteiger partial charge on any atom is 0.323 e. The first-order valence-corrected chi connectivity index (χ1v) is 12.1. The van der Waals surface area contributed by atoms with Crippen LogP contribution in [0.25, 0.3) is 10.8 Å². The number of carbonyl (C=O) groups is 1. The van der Waals surface area contributed by atoms with Crippen molar-refractivity contribution in [2.75, 3.05) is 22.1 Å². The average molecular weight is 450 g/mol. The van der Waals surface area contributed by atoms with Gasteiger partial charge >= 0.3 is 6.03 Å². The average Bonchev–Trinajstić information content (AvgIpc) is 2.84. The van der Waals surface area contributed by atoms with E-state index in [4.69, 9.17) is 0 Å². The van der Waals surface area contributed by atoms with Crippen LogP contribution >= 0.6 is 0 Å². The lowest BCUT2D eigenvalue weighted by atomic mass is 9.95. The summed E-state index contributed by atoms with van der Waals surface area (Å²) in [5.74, 6) is 0. The molecular formula is C30H31N3O. The highest BCUT2D eigenvalue weighted by atomic mass is 16.2. The molecule has 1 aliphatic rings. The molecule has 0 aromatic heterocycles. The standard InChI is InChI=1S/C30H31N3O/c1-3-22-16-17-23-10-4-5-14-26(23)27(22)20-33-18-8-12-24-11-7-15-28(29(24)33)32-30(34)31-25-13-6-9-21(2)19-25/h4-7,9-11,13-17,19H,3,8,12,18,20H2,1-2H3,(H2,31,32,34). The highest BCUT2D eigenvalue weighted by Crippen LogP contribution is 2.37. The largest absolute Gasteiger partial charge is 0.365 e. The van der Waals surface area contributed by atoms with E-state index in [0.29, 0.717) is 0 Å². The van der Waals surface area contributed by atoms with Crippen LogP contribution in [-0.2, 0) is 19.4 Å². The molecule has 1 aliphatic heterocycles. The summed E-state index contributed by atoms with van der Waals surface area (Å²) < 4.78 is 0. The number of para-hydroxylation sites is 1. The number of benzene rings is 4. The SMILES string of the molecule is CCc1ccc2ccccc2c1CN1CCCc2cccc(NC(=O)Nc3cccc(C)c3)c21. The fraction of sp³-hybridized carbons (Fsp3) is 0.233. The van der Waals surface area contributed by atoms with Crippen molar-refractivity contribution in [3.63, 3.8) is 0 Å². The summed E-state index contributed by atoms with van der Waals surface area (Å²) in [7, 11) is 0. The van der Waals surface area contributed by atoms with E-state index in [0.717, 1.165) is 55.0 Å². The molecule has 0 saturated heterocycles. The Morgan fingerprint density at radius 1 is 0.941 bits per heavy atom. The third-order valence-corrected chi connectivity index (χ3v) is 6.70. The fourth-order valence-electron chi connectivity index (χ4n) is 5.10. The summed E-state index contributed by atoms with van der Waals surface area (Å²) in [5.41, 5.74) is 7.97. The molecule has 0 spiro atoms. The van der Waals surface area contributed by atoms with Crippen LogP contribution < -0.4 is 15.5 Å². The predicted molar refractivity (Wildman–Crippen MR) is 143 cm³/mol. The molecule has 0 unspecified atom stereocenters. The van der Waals surface area contributed by atoms with Gasteiger partial charge in [0.2, 0.25) is 0 Å². The Morgan fingerprint density at radius 2 is 1.79 bits per heavy atom. The normalized spacial score (nSPS) is 12.9. The van der Waals surface area contributed by atoms with Gasteiger partial charge in [-0.15, -0.1) is 0 Å². The van der Waals surface area contributed by atoms with Gasteiger partial charge in [-0.05, 0) is 77.4 Å². The van der Waals surface area contributed by atoms with E-state index >= 15 is 0 Å². The van der Waals surface area contributed by atoms with Crippen LogP contribution in [0, 0.1) is 6.92 Å². The second-order valence-corrected chi connectivity index (χ2v) is 9.06. The number of nitrogens with one attached hydrogen (secondary N) is 2. The minimum atomic E-state index is -0.219. The lowest BCUT2D eigenvalue weighted by Crippen LogP contribution is -2.31. The molecule has 0 radical (unpaired) electrons. The zero-order valence-corrected chi connectivity index (χ0v) is 19.9. The van der Waals surface area contributed by atoms with Crippen LogP contribution in [0.2, 0.25) is 0 Å². The lowest BCUT2D eigenvalue weighted by molar-refractivity contribution is 0.262. The quantitative estimate of drug-likeness (QED) is 0.335. The Labute approximate surface area is 201 Å². The minimum Gasteiger partial charge on any atom is -0.365 e. The first-order valence-electron chi connectivity index (χ1n) is 12.1. The van der Waals surface area contributed by atoms with Crippen molar-refractivity contribution in [1.29, 1.82) is 0 Å². The number of hydrogen-bond acceptors (Lipinski definition) is 2. The summed E-state index contributed by atoms with van der Waals surface area (Å²) in [6, 6.07) is 27.0. The monoisotopic (exact) mass is 449 g/mol. The number of fused-ring (bicyclic) bond motifs is 2. The van der Waals surface area contributed by atoms with Crippen molar-refractivity contribution in [2.24, 2.45) is 0 Å². The number of aryl methyl sites for hydroxylation is 3. The van der Waals surface area contributed by atoms with E-state index in [-0.39, 0.29) is 6.03 Å². The van der Waals surface area contributed by atoms with Crippen LogP contribution in [0.1, 0.15) is 35.6 Å². The van der Waals surface area contributed by atoms with Gasteiger partial charge in [0.15, 0.2) is 0 Å². The molecule has 4 aromatic carbocycles. The molecule has 172 valence electrons.